The normalized spacial score (nSPS) is 10.9. The van der Waals surface area contributed by atoms with E-state index in [0.717, 1.165) is 0 Å². The lowest BCUT2D eigenvalue weighted by molar-refractivity contribution is 0.193. The van der Waals surface area contributed by atoms with Crippen LogP contribution in [0.25, 0.3) is 5.78 Å². The van der Waals surface area contributed by atoms with Crippen molar-refractivity contribution in [1.82, 2.24) is 19.6 Å². The first-order valence-corrected chi connectivity index (χ1v) is 4.71. The van der Waals surface area contributed by atoms with Gasteiger partial charge in [0.2, 0.25) is 5.88 Å². The number of hydrogen-bond donors (Lipinski definition) is 1. The predicted molar refractivity (Wildman–Crippen MR) is 53.1 cm³/mol. The highest BCUT2D eigenvalue weighted by atomic mass is 35.5. The molecule has 2 aromatic heterocycles. The molecular weight excluding hydrogens is 220 g/mol. The molecule has 0 aliphatic rings. The zero-order chi connectivity index (χ0) is 10.8. The van der Waals surface area contributed by atoms with Crippen LogP contribution in [0.2, 0.25) is 5.15 Å². The van der Waals surface area contributed by atoms with Gasteiger partial charge in [0.15, 0.2) is 0 Å². The Morgan fingerprint density at radius 3 is 3.13 bits per heavy atom. The molecule has 0 aliphatic heterocycles. The molecule has 2 rings (SSSR count). The predicted octanol–water partition coefficient (Wildman–Crippen LogP) is 0.457. The number of aromatic nitrogens is 4. The zero-order valence-electron chi connectivity index (χ0n) is 8.01. The molecule has 2 aromatic rings. The molecule has 0 saturated heterocycles. The molecule has 0 atom stereocenters. The number of halogens is 1. The molecule has 1 N–H and O–H groups in total. The molecular formula is C8H9ClN4O2. The van der Waals surface area contributed by atoms with Gasteiger partial charge in [-0.25, -0.2) is 0 Å². The fraction of sp³-hybridized carbons (Fsp3) is 0.375. The second-order valence-corrected chi connectivity index (χ2v) is 3.23. The van der Waals surface area contributed by atoms with Crippen molar-refractivity contribution < 1.29 is 9.84 Å². The van der Waals surface area contributed by atoms with Crippen LogP contribution in [0.15, 0.2) is 6.33 Å². The Balaban J connectivity index is 2.56. The van der Waals surface area contributed by atoms with Crippen LogP contribution in [0.4, 0.5) is 0 Å². The van der Waals surface area contributed by atoms with Crippen LogP contribution in [0.3, 0.4) is 0 Å². The highest BCUT2D eigenvalue weighted by Crippen LogP contribution is 2.23. The average Bonchev–Trinajstić information content (AvgIpc) is 2.66. The van der Waals surface area contributed by atoms with E-state index in [0.29, 0.717) is 22.4 Å². The smallest absolute Gasteiger partial charge is 0.256 e. The molecule has 0 radical (unpaired) electrons. The lowest BCUT2D eigenvalue weighted by Crippen LogP contribution is -2.08. The molecule has 0 aromatic carbocycles. The highest BCUT2D eigenvalue weighted by molar-refractivity contribution is 6.30. The van der Waals surface area contributed by atoms with Gasteiger partial charge in [0.1, 0.15) is 18.1 Å². The summed E-state index contributed by atoms with van der Waals surface area (Å²) in [4.78, 5) is 7.92. The Bertz CT molecular complexity index is 485. The first kappa shape index (κ1) is 10.1. The molecule has 0 unspecified atom stereocenters. The fourth-order valence-electron chi connectivity index (χ4n) is 1.19. The number of aliphatic hydroxyl groups excluding tert-OH is 1. The second-order valence-electron chi connectivity index (χ2n) is 2.88. The van der Waals surface area contributed by atoms with Gasteiger partial charge in [0, 0.05) is 5.56 Å². The van der Waals surface area contributed by atoms with Gasteiger partial charge >= 0.3 is 0 Å². The standard InChI is InChI=1S/C8H9ClN4O2/c1-5-6(9)12-8-10-4-11-13(8)7(5)15-3-2-14/h4,14H,2-3H2,1H3. The maximum Gasteiger partial charge on any atom is 0.256 e. The molecule has 15 heavy (non-hydrogen) atoms. The van der Waals surface area contributed by atoms with Gasteiger partial charge in [0.25, 0.3) is 5.78 Å². The van der Waals surface area contributed by atoms with Crippen LogP contribution in [0, 0.1) is 6.92 Å². The maximum absolute atomic E-state index is 8.69. The van der Waals surface area contributed by atoms with Crippen molar-refractivity contribution in [2.45, 2.75) is 6.92 Å². The molecule has 0 aliphatic carbocycles. The van der Waals surface area contributed by atoms with E-state index < -0.39 is 0 Å². The van der Waals surface area contributed by atoms with Crippen molar-refractivity contribution >= 4 is 17.4 Å². The first-order chi connectivity index (χ1) is 7.24. The van der Waals surface area contributed by atoms with Gasteiger partial charge < -0.3 is 9.84 Å². The van der Waals surface area contributed by atoms with Crippen molar-refractivity contribution in [3.05, 3.63) is 17.0 Å². The third-order valence-electron chi connectivity index (χ3n) is 1.88. The Hall–Kier alpha value is -1.40. The van der Waals surface area contributed by atoms with E-state index in [1.165, 1.54) is 10.8 Å². The van der Waals surface area contributed by atoms with Gasteiger partial charge in [0.05, 0.1) is 6.61 Å². The summed E-state index contributed by atoms with van der Waals surface area (Å²) in [5.74, 6) is 0.829. The largest absolute Gasteiger partial charge is 0.475 e. The van der Waals surface area contributed by atoms with Gasteiger partial charge in [-0.05, 0) is 6.92 Å². The third kappa shape index (κ3) is 1.73. The third-order valence-corrected chi connectivity index (χ3v) is 2.25. The molecule has 0 bridgehead atoms. The second kappa shape index (κ2) is 4.00. The van der Waals surface area contributed by atoms with Crippen LogP contribution in [0.5, 0.6) is 5.88 Å². The van der Waals surface area contributed by atoms with E-state index in [1.807, 2.05) is 0 Å². The van der Waals surface area contributed by atoms with E-state index >= 15 is 0 Å². The Labute approximate surface area is 90.5 Å². The van der Waals surface area contributed by atoms with Crippen LogP contribution in [-0.2, 0) is 0 Å². The first-order valence-electron chi connectivity index (χ1n) is 4.33. The van der Waals surface area contributed by atoms with Gasteiger partial charge in [-0.2, -0.15) is 19.6 Å². The molecule has 0 saturated carbocycles. The Kier molecular flexibility index (Phi) is 2.70. The van der Waals surface area contributed by atoms with E-state index in [1.54, 1.807) is 6.92 Å². The van der Waals surface area contributed by atoms with E-state index in [9.17, 15) is 0 Å². The topological polar surface area (TPSA) is 72.5 Å². The molecule has 6 nitrogen and oxygen atoms in total. The molecule has 0 amide bonds. The number of aliphatic hydroxyl groups is 1. The number of hydrogen-bond acceptors (Lipinski definition) is 5. The van der Waals surface area contributed by atoms with Gasteiger partial charge in [-0.1, -0.05) is 11.6 Å². The summed E-state index contributed by atoms with van der Waals surface area (Å²) >= 11 is 5.89. The SMILES string of the molecule is Cc1c(Cl)nc2ncnn2c1OCCO. The summed E-state index contributed by atoms with van der Waals surface area (Å²) in [6.45, 7) is 1.87. The summed E-state index contributed by atoms with van der Waals surface area (Å²) in [6.07, 6.45) is 1.36. The van der Waals surface area contributed by atoms with Gasteiger partial charge in [-0.15, -0.1) is 0 Å². The zero-order valence-corrected chi connectivity index (χ0v) is 8.77. The molecule has 0 fully saturated rings. The van der Waals surface area contributed by atoms with Crippen LogP contribution in [0.1, 0.15) is 5.56 Å². The summed E-state index contributed by atoms with van der Waals surface area (Å²) in [6, 6.07) is 0. The minimum absolute atomic E-state index is 0.0738. The van der Waals surface area contributed by atoms with Crippen molar-refractivity contribution in [2.75, 3.05) is 13.2 Å². The maximum atomic E-state index is 8.69. The minimum atomic E-state index is -0.0738. The molecule has 80 valence electrons. The number of fused-ring (bicyclic) bond motifs is 1. The fourth-order valence-corrected chi connectivity index (χ4v) is 1.34. The monoisotopic (exact) mass is 228 g/mol. The lowest BCUT2D eigenvalue weighted by Gasteiger charge is -2.09. The van der Waals surface area contributed by atoms with Crippen molar-refractivity contribution in [2.24, 2.45) is 0 Å². The quantitative estimate of drug-likeness (QED) is 0.773. The Morgan fingerprint density at radius 1 is 1.60 bits per heavy atom. The van der Waals surface area contributed by atoms with E-state index in [2.05, 4.69) is 15.1 Å². The van der Waals surface area contributed by atoms with Crippen molar-refractivity contribution in [1.29, 1.82) is 0 Å². The number of rotatable bonds is 3. The van der Waals surface area contributed by atoms with Crippen LogP contribution < -0.4 is 4.74 Å². The summed E-state index contributed by atoms with van der Waals surface area (Å²) in [5, 5.41) is 13.0. The Morgan fingerprint density at radius 2 is 2.40 bits per heavy atom. The van der Waals surface area contributed by atoms with Crippen LogP contribution in [-0.4, -0.2) is 37.9 Å². The van der Waals surface area contributed by atoms with Gasteiger partial charge in [-0.3, -0.25) is 0 Å². The van der Waals surface area contributed by atoms with Crippen molar-refractivity contribution in [3.8, 4) is 5.88 Å². The molecule has 2 heterocycles. The summed E-state index contributed by atoms with van der Waals surface area (Å²) in [5.41, 5.74) is 0.670. The lowest BCUT2D eigenvalue weighted by atomic mass is 10.4. The molecule has 7 heteroatoms. The molecule has 0 spiro atoms. The van der Waals surface area contributed by atoms with E-state index in [4.69, 9.17) is 21.4 Å². The van der Waals surface area contributed by atoms with E-state index in [-0.39, 0.29) is 13.2 Å². The minimum Gasteiger partial charge on any atom is -0.475 e. The summed E-state index contributed by atoms with van der Waals surface area (Å²) < 4.78 is 6.77. The average molecular weight is 229 g/mol. The van der Waals surface area contributed by atoms with Crippen LogP contribution >= 0.6 is 11.6 Å². The number of nitrogens with zero attached hydrogens (tertiary/aromatic N) is 4. The highest BCUT2D eigenvalue weighted by Gasteiger charge is 2.12. The number of ether oxygens (including phenoxy) is 1. The summed E-state index contributed by atoms with van der Waals surface area (Å²) in [7, 11) is 0. The van der Waals surface area contributed by atoms with Crippen molar-refractivity contribution in [3.63, 3.8) is 0 Å².